The molecule has 20 heavy (non-hydrogen) atoms. The van der Waals surface area contributed by atoms with E-state index in [2.05, 4.69) is 10.2 Å². The van der Waals surface area contributed by atoms with Crippen LogP contribution in [0, 0.1) is 0 Å². The van der Waals surface area contributed by atoms with Gasteiger partial charge in [0.05, 0.1) is 0 Å². The quantitative estimate of drug-likeness (QED) is 0.847. The summed E-state index contributed by atoms with van der Waals surface area (Å²) >= 11 is 0. The number of hydrogen-bond acceptors (Lipinski definition) is 4. The highest BCUT2D eigenvalue weighted by Gasteiger charge is 2.13. The van der Waals surface area contributed by atoms with Crippen LogP contribution in [0.1, 0.15) is 21.6 Å². The molecule has 0 atom stereocenters. The van der Waals surface area contributed by atoms with Crippen LogP contribution in [-0.2, 0) is 13.1 Å². The average Bonchev–Trinajstić information content (AvgIpc) is 2.48. The van der Waals surface area contributed by atoms with E-state index in [1.165, 1.54) is 17.0 Å². The molecule has 104 valence electrons. The molecule has 0 saturated heterocycles. The van der Waals surface area contributed by atoms with Gasteiger partial charge in [-0.1, -0.05) is 24.3 Å². The van der Waals surface area contributed by atoms with E-state index < -0.39 is 0 Å². The van der Waals surface area contributed by atoms with E-state index in [9.17, 15) is 9.59 Å². The summed E-state index contributed by atoms with van der Waals surface area (Å²) in [4.78, 5) is 24.6. The van der Waals surface area contributed by atoms with Crippen molar-refractivity contribution in [1.29, 1.82) is 0 Å². The van der Waals surface area contributed by atoms with E-state index >= 15 is 0 Å². The fraction of sp³-hybridized carbons (Fsp3) is 0.214. The topological polar surface area (TPSA) is 92.1 Å². The maximum absolute atomic E-state index is 12.1. The fourth-order valence-electron chi connectivity index (χ4n) is 1.79. The summed E-state index contributed by atoms with van der Waals surface area (Å²) in [6.45, 7) is 0.959. The van der Waals surface area contributed by atoms with Gasteiger partial charge in [0.1, 0.15) is 5.69 Å². The highest BCUT2D eigenvalue weighted by molar-refractivity contribution is 5.91. The summed E-state index contributed by atoms with van der Waals surface area (Å²) < 4.78 is 0. The molecular formula is C14H16N4O2. The third-order valence-corrected chi connectivity index (χ3v) is 2.92. The molecule has 0 fully saturated rings. The maximum Gasteiger partial charge on any atom is 0.274 e. The van der Waals surface area contributed by atoms with E-state index in [1.807, 2.05) is 24.3 Å². The molecule has 1 aromatic heterocycles. The highest BCUT2D eigenvalue weighted by Crippen LogP contribution is 2.08. The minimum atomic E-state index is -0.332. The Bertz CT molecular complexity index is 628. The van der Waals surface area contributed by atoms with Crippen molar-refractivity contribution in [2.75, 3.05) is 7.05 Å². The molecule has 2 aromatic rings. The van der Waals surface area contributed by atoms with Gasteiger partial charge in [0, 0.05) is 26.2 Å². The van der Waals surface area contributed by atoms with E-state index in [4.69, 9.17) is 5.73 Å². The van der Waals surface area contributed by atoms with Gasteiger partial charge in [-0.3, -0.25) is 9.59 Å². The SMILES string of the molecule is CN(Cc1ccc(CN)cc1)C(=O)c1ccc(=O)[nH]n1. The Hall–Kier alpha value is -2.47. The van der Waals surface area contributed by atoms with Crippen LogP contribution < -0.4 is 11.3 Å². The molecular weight excluding hydrogens is 256 g/mol. The Morgan fingerprint density at radius 1 is 1.20 bits per heavy atom. The molecule has 0 aliphatic carbocycles. The van der Waals surface area contributed by atoms with Crippen LogP contribution in [0.5, 0.6) is 0 Å². The highest BCUT2D eigenvalue weighted by atomic mass is 16.2. The number of benzene rings is 1. The van der Waals surface area contributed by atoms with Crippen molar-refractivity contribution < 1.29 is 4.79 Å². The number of H-pyrrole nitrogens is 1. The number of carbonyl (C=O) groups is 1. The lowest BCUT2D eigenvalue weighted by Gasteiger charge is -2.16. The van der Waals surface area contributed by atoms with Crippen LogP contribution in [0.3, 0.4) is 0 Å². The Morgan fingerprint density at radius 3 is 2.40 bits per heavy atom. The van der Waals surface area contributed by atoms with Crippen molar-refractivity contribution in [2.24, 2.45) is 5.73 Å². The molecule has 0 aliphatic heterocycles. The summed E-state index contributed by atoms with van der Waals surface area (Å²) in [6, 6.07) is 10.4. The molecule has 0 aliphatic rings. The molecule has 0 unspecified atom stereocenters. The van der Waals surface area contributed by atoms with Crippen LogP contribution >= 0.6 is 0 Å². The monoisotopic (exact) mass is 272 g/mol. The Morgan fingerprint density at radius 2 is 1.85 bits per heavy atom. The maximum atomic E-state index is 12.1. The van der Waals surface area contributed by atoms with Gasteiger partial charge in [-0.05, 0) is 17.2 Å². The summed E-state index contributed by atoms with van der Waals surface area (Å²) in [6.07, 6.45) is 0. The number of nitrogens with two attached hydrogens (primary N) is 1. The van der Waals surface area contributed by atoms with Crippen LogP contribution in [0.2, 0.25) is 0 Å². The Labute approximate surface area is 116 Å². The van der Waals surface area contributed by atoms with Crippen molar-refractivity contribution in [3.05, 3.63) is 63.6 Å². The average molecular weight is 272 g/mol. The minimum Gasteiger partial charge on any atom is -0.336 e. The lowest BCUT2D eigenvalue weighted by atomic mass is 10.1. The van der Waals surface area contributed by atoms with Gasteiger partial charge in [-0.25, -0.2) is 5.10 Å². The zero-order valence-corrected chi connectivity index (χ0v) is 11.2. The van der Waals surface area contributed by atoms with E-state index in [0.717, 1.165) is 11.1 Å². The van der Waals surface area contributed by atoms with Crippen LogP contribution in [0.15, 0.2) is 41.2 Å². The molecule has 6 nitrogen and oxygen atoms in total. The largest absolute Gasteiger partial charge is 0.336 e. The van der Waals surface area contributed by atoms with Gasteiger partial charge in [0.25, 0.3) is 11.5 Å². The predicted octanol–water partition coefficient (Wildman–Crippen LogP) is 0.501. The number of carbonyl (C=O) groups excluding carboxylic acids is 1. The Kier molecular flexibility index (Phi) is 4.27. The van der Waals surface area contributed by atoms with Crippen LogP contribution in [0.4, 0.5) is 0 Å². The zero-order valence-electron chi connectivity index (χ0n) is 11.2. The lowest BCUT2D eigenvalue weighted by Crippen LogP contribution is -2.28. The molecule has 0 spiro atoms. The molecule has 1 amide bonds. The molecule has 0 saturated carbocycles. The molecule has 3 N–H and O–H groups in total. The molecule has 0 radical (unpaired) electrons. The number of aromatic amines is 1. The smallest absolute Gasteiger partial charge is 0.274 e. The third-order valence-electron chi connectivity index (χ3n) is 2.92. The minimum absolute atomic E-state index is 0.214. The van der Waals surface area contributed by atoms with Gasteiger partial charge in [0.2, 0.25) is 0 Å². The number of rotatable bonds is 4. The van der Waals surface area contributed by atoms with Gasteiger partial charge >= 0.3 is 0 Å². The van der Waals surface area contributed by atoms with E-state index in [0.29, 0.717) is 13.1 Å². The lowest BCUT2D eigenvalue weighted by molar-refractivity contribution is 0.0778. The number of nitrogens with one attached hydrogen (secondary N) is 1. The molecule has 2 rings (SSSR count). The third kappa shape index (κ3) is 3.30. The van der Waals surface area contributed by atoms with Crippen molar-refractivity contribution in [2.45, 2.75) is 13.1 Å². The van der Waals surface area contributed by atoms with E-state index in [1.54, 1.807) is 7.05 Å². The Balaban J connectivity index is 2.06. The van der Waals surface area contributed by atoms with Crippen LogP contribution in [-0.4, -0.2) is 28.1 Å². The molecule has 1 heterocycles. The number of nitrogens with zero attached hydrogens (tertiary/aromatic N) is 2. The molecule has 1 aromatic carbocycles. The summed E-state index contributed by atoms with van der Waals surface area (Å²) in [7, 11) is 1.69. The molecule has 6 heteroatoms. The second kappa shape index (κ2) is 6.12. The molecule has 0 bridgehead atoms. The first-order valence-electron chi connectivity index (χ1n) is 6.19. The second-order valence-electron chi connectivity index (χ2n) is 4.49. The van der Waals surface area contributed by atoms with Gasteiger partial charge < -0.3 is 10.6 Å². The number of amides is 1. The summed E-state index contributed by atoms with van der Waals surface area (Å²) in [5.74, 6) is -0.246. The summed E-state index contributed by atoms with van der Waals surface area (Å²) in [5, 5.41) is 5.97. The first-order chi connectivity index (χ1) is 9.60. The normalized spacial score (nSPS) is 10.3. The van der Waals surface area contributed by atoms with Gasteiger partial charge in [-0.2, -0.15) is 5.10 Å². The zero-order chi connectivity index (χ0) is 14.5. The first kappa shape index (κ1) is 14.0. The van der Waals surface area contributed by atoms with Crippen molar-refractivity contribution in [1.82, 2.24) is 15.1 Å². The predicted molar refractivity (Wildman–Crippen MR) is 75.0 cm³/mol. The second-order valence-corrected chi connectivity index (χ2v) is 4.49. The van der Waals surface area contributed by atoms with E-state index in [-0.39, 0.29) is 17.2 Å². The first-order valence-corrected chi connectivity index (χ1v) is 6.19. The van der Waals surface area contributed by atoms with Gasteiger partial charge in [-0.15, -0.1) is 0 Å². The number of hydrogen-bond donors (Lipinski definition) is 2. The standard InChI is InChI=1S/C14H16N4O2/c1-18(9-11-4-2-10(8-15)3-5-11)14(20)12-6-7-13(19)17-16-12/h2-7H,8-9,15H2,1H3,(H,17,19). The van der Waals surface area contributed by atoms with Gasteiger partial charge in [0.15, 0.2) is 0 Å². The van der Waals surface area contributed by atoms with Crippen molar-refractivity contribution in [3.63, 3.8) is 0 Å². The van der Waals surface area contributed by atoms with Crippen molar-refractivity contribution in [3.8, 4) is 0 Å². The van der Waals surface area contributed by atoms with Crippen molar-refractivity contribution >= 4 is 5.91 Å². The fourth-order valence-corrected chi connectivity index (χ4v) is 1.79. The van der Waals surface area contributed by atoms with Crippen LogP contribution in [0.25, 0.3) is 0 Å². The summed E-state index contributed by atoms with van der Waals surface area (Å²) in [5.41, 5.74) is 7.47. The number of aromatic nitrogens is 2.